The van der Waals surface area contributed by atoms with Gasteiger partial charge in [-0.1, -0.05) is 6.07 Å². The van der Waals surface area contributed by atoms with E-state index in [9.17, 15) is 20.0 Å². The maximum absolute atomic E-state index is 11.0. The van der Waals surface area contributed by atoms with E-state index in [-0.39, 0.29) is 27.9 Å². The maximum atomic E-state index is 11.0. The zero-order chi connectivity index (χ0) is 16.4. The number of nitro benzene ring substituents is 1. The minimum absolute atomic E-state index is 0.0256. The van der Waals surface area contributed by atoms with Gasteiger partial charge >= 0.3 is 5.97 Å². The fraction of sp³-hybridized carbons (Fsp3) is 0. The number of rotatable bonds is 3. The number of anilines is 1. The molecule has 110 valence electrons. The zero-order valence-corrected chi connectivity index (χ0v) is 11.0. The van der Waals surface area contributed by atoms with Crippen LogP contribution in [0, 0.1) is 21.4 Å². The molecule has 0 amide bonds. The molecule has 0 unspecified atom stereocenters. The average molecular weight is 299 g/mol. The van der Waals surface area contributed by atoms with Crippen molar-refractivity contribution in [2.24, 2.45) is 0 Å². The summed E-state index contributed by atoms with van der Waals surface area (Å²) in [5.74, 6) is -1.82. The summed E-state index contributed by atoms with van der Waals surface area (Å²) < 4.78 is 0. The second kappa shape index (κ2) is 5.41. The highest BCUT2D eigenvalue weighted by Gasteiger charge is 2.19. The molecule has 22 heavy (non-hydrogen) atoms. The Labute approximate surface area is 123 Å². The lowest BCUT2D eigenvalue weighted by atomic mass is 9.98. The summed E-state index contributed by atoms with van der Waals surface area (Å²) in [6.45, 7) is 0. The van der Waals surface area contributed by atoms with Gasteiger partial charge < -0.3 is 15.9 Å². The first-order valence-corrected chi connectivity index (χ1v) is 5.90. The van der Waals surface area contributed by atoms with Crippen molar-refractivity contribution in [3.8, 4) is 22.9 Å². The SMILES string of the molecule is N#Cc1cc(-c2ccc(C(=O)O)c(O)c2)c(N)c([N+](=O)[O-])c1. The van der Waals surface area contributed by atoms with Crippen molar-refractivity contribution in [1.82, 2.24) is 0 Å². The molecule has 0 aromatic heterocycles. The number of aromatic carboxylic acids is 1. The number of carbonyl (C=O) groups is 1. The lowest BCUT2D eigenvalue weighted by Gasteiger charge is -2.09. The minimum Gasteiger partial charge on any atom is -0.507 e. The number of phenols is 1. The van der Waals surface area contributed by atoms with Gasteiger partial charge in [-0.25, -0.2) is 4.79 Å². The molecule has 0 spiro atoms. The van der Waals surface area contributed by atoms with Crippen molar-refractivity contribution in [2.75, 3.05) is 5.73 Å². The van der Waals surface area contributed by atoms with E-state index in [1.54, 1.807) is 6.07 Å². The molecule has 0 atom stereocenters. The molecule has 4 N–H and O–H groups in total. The third-order valence-corrected chi connectivity index (χ3v) is 3.02. The fourth-order valence-electron chi connectivity index (χ4n) is 1.97. The van der Waals surface area contributed by atoms with E-state index in [0.29, 0.717) is 0 Å². The third-order valence-electron chi connectivity index (χ3n) is 3.02. The number of hydrogen-bond acceptors (Lipinski definition) is 6. The molecule has 0 aliphatic rings. The average Bonchev–Trinajstić information content (AvgIpc) is 2.46. The van der Waals surface area contributed by atoms with E-state index in [1.807, 2.05) is 0 Å². The van der Waals surface area contributed by atoms with Crippen LogP contribution in [0.1, 0.15) is 15.9 Å². The lowest BCUT2D eigenvalue weighted by molar-refractivity contribution is -0.383. The van der Waals surface area contributed by atoms with E-state index in [4.69, 9.17) is 16.1 Å². The molecule has 0 bridgehead atoms. The highest BCUT2D eigenvalue weighted by Crippen LogP contribution is 2.36. The molecule has 8 nitrogen and oxygen atoms in total. The second-order valence-electron chi connectivity index (χ2n) is 4.36. The highest BCUT2D eigenvalue weighted by atomic mass is 16.6. The van der Waals surface area contributed by atoms with Gasteiger partial charge in [-0.2, -0.15) is 5.26 Å². The van der Waals surface area contributed by atoms with Crippen LogP contribution in [0.4, 0.5) is 11.4 Å². The lowest BCUT2D eigenvalue weighted by Crippen LogP contribution is -2.00. The van der Waals surface area contributed by atoms with Crippen molar-refractivity contribution in [3.05, 3.63) is 51.6 Å². The molecule has 0 fully saturated rings. The van der Waals surface area contributed by atoms with Gasteiger partial charge in [0.25, 0.3) is 5.69 Å². The summed E-state index contributed by atoms with van der Waals surface area (Å²) in [5, 5.41) is 38.5. The Morgan fingerprint density at radius 1 is 1.32 bits per heavy atom. The summed E-state index contributed by atoms with van der Waals surface area (Å²) in [4.78, 5) is 21.1. The van der Waals surface area contributed by atoms with Gasteiger partial charge in [0.05, 0.1) is 16.6 Å². The molecule has 0 aliphatic carbocycles. The van der Waals surface area contributed by atoms with E-state index in [1.165, 1.54) is 12.1 Å². The number of nitro groups is 1. The van der Waals surface area contributed by atoms with Crippen molar-refractivity contribution < 1.29 is 19.9 Å². The second-order valence-corrected chi connectivity index (χ2v) is 4.36. The van der Waals surface area contributed by atoms with Crippen molar-refractivity contribution in [3.63, 3.8) is 0 Å². The molecule has 0 heterocycles. The van der Waals surface area contributed by atoms with Gasteiger partial charge in [-0.3, -0.25) is 10.1 Å². The first-order chi connectivity index (χ1) is 10.3. The number of nitriles is 1. The number of carboxylic acids is 1. The largest absolute Gasteiger partial charge is 0.507 e. The molecule has 0 saturated carbocycles. The summed E-state index contributed by atoms with van der Waals surface area (Å²) in [6, 6.07) is 7.79. The van der Waals surface area contributed by atoms with Crippen LogP contribution in [-0.4, -0.2) is 21.1 Å². The van der Waals surface area contributed by atoms with Crippen LogP contribution in [0.25, 0.3) is 11.1 Å². The van der Waals surface area contributed by atoms with Crippen LogP contribution < -0.4 is 5.73 Å². The van der Waals surface area contributed by atoms with Crippen molar-refractivity contribution >= 4 is 17.3 Å². The number of carboxylic acid groups (broad SMARTS) is 1. The standard InChI is InChI=1S/C14H9N3O5/c15-6-7-3-10(13(16)11(4-7)17(21)22)8-1-2-9(14(19)20)12(18)5-8/h1-5,18H,16H2,(H,19,20). The van der Waals surface area contributed by atoms with Crippen LogP contribution in [0.5, 0.6) is 5.75 Å². The van der Waals surface area contributed by atoms with Gasteiger partial charge in [-0.05, 0) is 23.8 Å². The van der Waals surface area contributed by atoms with Crippen LogP contribution >= 0.6 is 0 Å². The van der Waals surface area contributed by atoms with Crippen molar-refractivity contribution in [1.29, 1.82) is 5.26 Å². The number of nitrogen functional groups attached to an aromatic ring is 1. The Hall–Kier alpha value is -3.60. The highest BCUT2D eigenvalue weighted by molar-refractivity contribution is 5.93. The van der Waals surface area contributed by atoms with Gasteiger partial charge in [0, 0.05) is 11.6 Å². The predicted octanol–water partition coefficient (Wildman–Crippen LogP) is 2.12. The summed E-state index contributed by atoms with van der Waals surface area (Å²) >= 11 is 0. The van der Waals surface area contributed by atoms with E-state index >= 15 is 0 Å². The third kappa shape index (κ3) is 2.51. The molecule has 2 aromatic rings. The molecule has 2 aromatic carbocycles. The van der Waals surface area contributed by atoms with Gasteiger partial charge in [0.2, 0.25) is 0 Å². The molecule has 8 heteroatoms. The van der Waals surface area contributed by atoms with Gasteiger partial charge in [0.15, 0.2) is 0 Å². The molecular formula is C14H9N3O5. The molecule has 0 aliphatic heterocycles. The number of benzene rings is 2. The topological polar surface area (TPSA) is 150 Å². The molecular weight excluding hydrogens is 290 g/mol. The van der Waals surface area contributed by atoms with Crippen LogP contribution in [0.2, 0.25) is 0 Å². The number of nitrogens with two attached hydrogens (primary N) is 1. The van der Waals surface area contributed by atoms with Gasteiger partial charge in [-0.15, -0.1) is 0 Å². The van der Waals surface area contributed by atoms with E-state index < -0.39 is 22.3 Å². The Balaban J connectivity index is 2.70. The number of nitrogens with zero attached hydrogens (tertiary/aromatic N) is 2. The Morgan fingerprint density at radius 3 is 2.50 bits per heavy atom. The number of aromatic hydroxyl groups is 1. The van der Waals surface area contributed by atoms with Crippen LogP contribution in [-0.2, 0) is 0 Å². The van der Waals surface area contributed by atoms with Crippen LogP contribution in [0.15, 0.2) is 30.3 Å². The van der Waals surface area contributed by atoms with Gasteiger partial charge in [0.1, 0.15) is 17.0 Å². The number of hydrogen-bond donors (Lipinski definition) is 3. The molecule has 0 saturated heterocycles. The Morgan fingerprint density at radius 2 is 2.00 bits per heavy atom. The molecule has 0 radical (unpaired) electrons. The Bertz CT molecular complexity index is 839. The quantitative estimate of drug-likeness (QED) is 0.446. The first kappa shape index (κ1) is 14.8. The zero-order valence-electron chi connectivity index (χ0n) is 11.0. The van der Waals surface area contributed by atoms with Crippen molar-refractivity contribution in [2.45, 2.75) is 0 Å². The Kier molecular flexibility index (Phi) is 3.64. The smallest absolute Gasteiger partial charge is 0.339 e. The summed E-state index contributed by atoms with van der Waals surface area (Å²) in [7, 11) is 0. The van der Waals surface area contributed by atoms with Crippen LogP contribution in [0.3, 0.4) is 0 Å². The molecule has 2 rings (SSSR count). The van der Waals surface area contributed by atoms with E-state index in [2.05, 4.69) is 0 Å². The predicted molar refractivity (Wildman–Crippen MR) is 76.3 cm³/mol. The first-order valence-electron chi connectivity index (χ1n) is 5.90. The summed E-state index contributed by atoms with van der Waals surface area (Å²) in [6.07, 6.45) is 0. The minimum atomic E-state index is -1.31. The maximum Gasteiger partial charge on any atom is 0.339 e. The monoisotopic (exact) mass is 299 g/mol. The summed E-state index contributed by atoms with van der Waals surface area (Å²) in [5.41, 5.74) is 5.27. The fourth-order valence-corrected chi connectivity index (χ4v) is 1.97. The van der Waals surface area contributed by atoms with E-state index in [0.717, 1.165) is 18.2 Å². The normalized spacial score (nSPS) is 9.95.